The number of amides is 1. The van der Waals surface area contributed by atoms with E-state index < -0.39 is 24.2 Å². The van der Waals surface area contributed by atoms with Crippen molar-refractivity contribution in [3.63, 3.8) is 0 Å². The average Bonchev–Trinajstić information content (AvgIpc) is 3.03. The van der Waals surface area contributed by atoms with Crippen molar-refractivity contribution in [3.8, 4) is 5.75 Å². The van der Waals surface area contributed by atoms with Crippen LogP contribution in [0.5, 0.6) is 5.75 Å². The number of hydrogen-bond donors (Lipinski definition) is 2. The van der Waals surface area contributed by atoms with E-state index in [9.17, 15) is 18.0 Å². The molecule has 3 rings (SSSR count). The maximum absolute atomic E-state index is 13.6. The fraction of sp³-hybridized carbons (Fsp3) is 0.444. The molecule has 0 bridgehead atoms. The summed E-state index contributed by atoms with van der Waals surface area (Å²) in [7, 11) is 1.52. The maximum atomic E-state index is 13.6. The predicted octanol–water partition coefficient (Wildman–Crippen LogP) is 3.69. The molecule has 1 aromatic heterocycles. The molecule has 0 spiro atoms. The zero-order valence-corrected chi connectivity index (χ0v) is 15.2. The quantitative estimate of drug-likeness (QED) is 0.846. The second kappa shape index (κ2) is 7.13. The minimum atomic E-state index is -4.49. The van der Waals surface area contributed by atoms with Gasteiger partial charge in [0.15, 0.2) is 11.7 Å². The van der Waals surface area contributed by atoms with Crippen LogP contribution in [0.2, 0.25) is 0 Å². The summed E-state index contributed by atoms with van der Waals surface area (Å²) in [5.74, 6) is 0.286. The van der Waals surface area contributed by atoms with E-state index in [4.69, 9.17) is 4.74 Å². The number of alkyl halides is 3. The van der Waals surface area contributed by atoms with Crippen LogP contribution in [0.3, 0.4) is 0 Å². The topological polar surface area (TPSA) is 68.2 Å². The number of anilines is 1. The second-order valence-corrected chi connectivity index (χ2v) is 6.75. The van der Waals surface area contributed by atoms with Crippen molar-refractivity contribution >= 4 is 11.7 Å². The van der Waals surface area contributed by atoms with Crippen molar-refractivity contribution in [2.45, 2.75) is 44.6 Å². The van der Waals surface area contributed by atoms with Crippen LogP contribution in [0.15, 0.2) is 30.3 Å². The van der Waals surface area contributed by atoms with E-state index in [1.54, 1.807) is 38.1 Å². The van der Waals surface area contributed by atoms with Gasteiger partial charge in [-0.25, -0.2) is 4.68 Å². The number of benzene rings is 1. The van der Waals surface area contributed by atoms with Crippen molar-refractivity contribution < 1.29 is 22.7 Å². The second-order valence-electron chi connectivity index (χ2n) is 6.75. The van der Waals surface area contributed by atoms with Gasteiger partial charge in [0, 0.05) is 18.5 Å². The Balaban J connectivity index is 1.94. The minimum absolute atomic E-state index is 0.0455. The average molecular weight is 382 g/mol. The molecule has 0 radical (unpaired) electrons. The number of carbonyl (C=O) groups excluding carboxylic acids is 1. The summed E-state index contributed by atoms with van der Waals surface area (Å²) in [5.41, 5.74) is 0.654. The van der Waals surface area contributed by atoms with Gasteiger partial charge in [-0.05, 0) is 31.5 Å². The molecule has 9 heteroatoms. The van der Waals surface area contributed by atoms with Gasteiger partial charge in [0.1, 0.15) is 11.6 Å². The van der Waals surface area contributed by atoms with Crippen molar-refractivity contribution in [2.75, 3.05) is 12.4 Å². The zero-order valence-electron chi connectivity index (χ0n) is 15.2. The first-order valence-electron chi connectivity index (χ1n) is 8.56. The number of rotatable bonds is 4. The highest BCUT2D eigenvalue weighted by atomic mass is 19.4. The highest BCUT2D eigenvalue weighted by Gasteiger charge is 2.46. The summed E-state index contributed by atoms with van der Waals surface area (Å²) in [6.45, 7) is 3.54. The molecule has 0 saturated carbocycles. The van der Waals surface area contributed by atoms with E-state index in [1.165, 1.54) is 13.2 Å². The van der Waals surface area contributed by atoms with Gasteiger partial charge in [0.2, 0.25) is 0 Å². The molecule has 1 aromatic carbocycles. The molecule has 2 unspecified atom stereocenters. The van der Waals surface area contributed by atoms with Crippen molar-refractivity contribution in [2.24, 2.45) is 0 Å². The zero-order chi connectivity index (χ0) is 19.8. The van der Waals surface area contributed by atoms with Crippen molar-refractivity contribution in [1.82, 2.24) is 15.1 Å². The van der Waals surface area contributed by atoms with Crippen LogP contribution >= 0.6 is 0 Å². The van der Waals surface area contributed by atoms with Crippen molar-refractivity contribution in [1.29, 1.82) is 0 Å². The molecule has 1 aliphatic rings. The molecule has 27 heavy (non-hydrogen) atoms. The Morgan fingerprint density at radius 2 is 2.00 bits per heavy atom. The number of ether oxygens (including phenoxy) is 1. The number of carbonyl (C=O) groups is 1. The monoisotopic (exact) mass is 382 g/mol. The van der Waals surface area contributed by atoms with E-state index in [-0.39, 0.29) is 24.0 Å². The number of aromatic nitrogens is 2. The van der Waals surface area contributed by atoms with Gasteiger partial charge in [-0.1, -0.05) is 12.1 Å². The first-order chi connectivity index (χ1) is 12.7. The third-order valence-electron chi connectivity index (χ3n) is 4.36. The van der Waals surface area contributed by atoms with Gasteiger partial charge in [0.25, 0.3) is 5.91 Å². The lowest BCUT2D eigenvalue weighted by Gasteiger charge is -2.33. The number of hydrogen-bond acceptors (Lipinski definition) is 4. The smallest absolute Gasteiger partial charge is 0.410 e. The fourth-order valence-electron chi connectivity index (χ4n) is 3.08. The minimum Gasteiger partial charge on any atom is -0.497 e. The van der Waals surface area contributed by atoms with Crippen LogP contribution in [0.4, 0.5) is 19.0 Å². The molecule has 146 valence electrons. The van der Waals surface area contributed by atoms with Crippen LogP contribution in [0, 0.1) is 0 Å². The van der Waals surface area contributed by atoms with E-state index >= 15 is 0 Å². The molecule has 1 aliphatic heterocycles. The van der Waals surface area contributed by atoms with Crippen LogP contribution in [-0.2, 0) is 0 Å². The lowest BCUT2D eigenvalue weighted by Crippen LogP contribution is -2.36. The number of nitrogens with zero attached hydrogens (tertiary/aromatic N) is 2. The molecule has 2 heterocycles. The van der Waals surface area contributed by atoms with E-state index in [2.05, 4.69) is 15.7 Å². The molecule has 2 atom stereocenters. The summed E-state index contributed by atoms with van der Waals surface area (Å²) in [6.07, 6.45) is -4.71. The molecule has 0 fully saturated rings. The van der Waals surface area contributed by atoms with Gasteiger partial charge >= 0.3 is 6.18 Å². The van der Waals surface area contributed by atoms with Gasteiger partial charge in [-0.2, -0.15) is 18.3 Å². The number of methoxy groups -OCH3 is 1. The van der Waals surface area contributed by atoms with Gasteiger partial charge < -0.3 is 15.4 Å². The van der Waals surface area contributed by atoms with Gasteiger partial charge in [-0.3, -0.25) is 4.79 Å². The first kappa shape index (κ1) is 19.1. The van der Waals surface area contributed by atoms with Crippen LogP contribution in [0.25, 0.3) is 0 Å². The Kier molecular flexibility index (Phi) is 5.03. The highest BCUT2D eigenvalue weighted by molar-refractivity contribution is 5.93. The third kappa shape index (κ3) is 4.01. The summed E-state index contributed by atoms with van der Waals surface area (Å²) >= 11 is 0. The maximum Gasteiger partial charge on any atom is 0.410 e. The molecule has 0 aliphatic carbocycles. The molecule has 2 aromatic rings. The van der Waals surface area contributed by atoms with E-state index in [1.807, 2.05) is 0 Å². The summed E-state index contributed by atoms with van der Waals surface area (Å²) < 4.78 is 46.9. The predicted molar refractivity (Wildman–Crippen MR) is 93.9 cm³/mol. The Morgan fingerprint density at radius 3 is 2.56 bits per heavy atom. The van der Waals surface area contributed by atoms with Crippen molar-refractivity contribution in [3.05, 3.63) is 41.6 Å². The third-order valence-corrected chi connectivity index (χ3v) is 4.36. The lowest BCUT2D eigenvalue weighted by molar-refractivity contribution is -0.173. The molecular formula is C18H21F3N4O2. The Bertz CT molecular complexity index is 815. The first-order valence-corrected chi connectivity index (χ1v) is 8.56. The van der Waals surface area contributed by atoms with Crippen LogP contribution < -0.4 is 15.4 Å². The number of fused-ring (bicyclic) bond motifs is 1. The number of nitrogens with one attached hydrogen (secondary N) is 2. The SMILES string of the molecule is COc1ccc(C2CC(C(F)(F)F)n3nc(C(=O)NC(C)C)cc3N2)cc1. The Hall–Kier alpha value is -2.71. The molecule has 1 amide bonds. The molecule has 6 nitrogen and oxygen atoms in total. The van der Waals surface area contributed by atoms with Gasteiger partial charge in [-0.15, -0.1) is 0 Å². The normalized spacial score (nSPS) is 19.4. The fourth-order valence-corrected chi connectivity index (χ4v) is 3.08. The lowest BCUT2D eigenvalue weighted by atomic mass is 9.97. The standard InChI is InChI=1S/C18H21F3N4O2/c1-10(2)22-17(26)14-9-16-23-13(11-4-6-12(27-3)7-5-11)8-15(18(19,20)21)25(16)24-14/h4-7,9-10,13,15,23H,8H2,1-3H3,(H,22,26). The highest BCUT2D eigenvalue weighted by Crippen LogP contribution is 2.43. The summed E-state index contributed by atoms with van der Waals surface area (Å²) in [6, 6.07) is 5.68. The van der Waals surface area contributed by atoms with Gasteiger partial charge in [0.05, 0.1) is 13.2 Å². The Morgan fingerprint density at radius 1 is 1.33 bits per heavy atom. The summed E-state index contributed by atoms with van der Waals surface area (Å²) in [5, 5.41) is 9.61. The van der Waals surface area contributed by atoms with E-state index in [0.29, 0.717) is 11.3 Å². The largest absolute Gasteiger partial charge is 0.497 e. The van der Waals surface area contributed by atoms with Crippen LogP contribution in [0.1, 0.15) is 48.4 Å². The molecule has 2 N–H and O–H groups in total. The van der Waals surface area contributed by atoms with E-state index in [0.717, 1.165) is 4.68 Å². The Labute approximate surface area is 154 Å². The van der Waals surface area contributed by atoms with Crippen LogP contribution in [-0.4, -0.2) is 35.0 Å². The molecular weight excluding hydrogens is 361 g/mol. The molecule has 0 saturated heterocycles. The number of halogens is 3. The summed E-state index contributed by atoms with van der Waals surface area (Å²) in [4.78, 5) is 12.1.